The Bertz CT molecular complexity index is 4160. The maximum Gasteiger partial charge on any atom is 0.248 e. The lowest BCUT2D eigenvalue weighted by Gasteiger charge is -2.34. The summed E-state index contributed by atoms with van der Waals surface area (Å²) >= 11 is 0. The van der Waals surface area contributed by atoms with E-state index < -0.39 is 0 Å². The first kappa shape index (κ1) is 47.1. The van der Waals surface area contributed by atoms with Crippen LogP contribution in [0.25, 0.3) is 102 Å². The van der Waals surface area contributed by atoms with Crippen molar-refractivity contribution in [1.29, 1.82) is 0 Å². The fraction of sp³-hybridized carbons (Fsp3) is 0.0685. The number of nitrogens with zero attached hydrogens (tertiary/aromatic N) is 3. The molecule has 77 heavy (non-hydrogen) atoms. The van der Waals surface area contributed by atoms with Crippen LogP contribution in [-0.4, -0.2) is 14.8 Å². The number of para-hydroxylation sites is 1. The van der Waals surface area contributed by atoms with E-state index in [0.29, 0.717) is 11.8 Å². The number of hydrogen-bond donors (Lipinski definition) is 0. The summed E-state index contributed by atoms with van der Waals surface area (Å²) in [4.78, 5) is 0. The Balaban J connectivity index is 0.00000280. The van der Waals surface area contributed by atoms with Gasteiger partial charge in [0.05, 0.1) is 16.6 Å². The summed E-state index contributed by atoms with van der Waals surface area (Å²) in [5.41, 5.74) is 23.1. The van der Waals surface area contributed by atoms with Crippen molar-refractivity contribution >= 4 is 28.6 Å². The van der Waals surface area contributed by atoms with Gasteiger partial charge in [0.1, 0.15) is 0 Å². The van der Waals surface area contributed by atoms with E-state index >= 15 is 0 Å². The van der Waals surface area contributed by atoms with Gasteiger partial charge in [-0.15, -0.1) is 10.2 Å². The molecule has 2 heterocycles. The van der Waals surface area contributed by atoms with E-state index in [1.54, 1.807) is 0 Å². The molecule has 4 heteroatoms. The van der Waals surface area contributed by atoms with Crippen LogP contribution in [0.3, 0.4) is 0 Å². The van der Waals surface area contributed by atoms with E-state index in [0.717, 1.165) is 51.1 Å². The van der Waals surface area contributed by atoms with Gasteiger partial charge < -0.3 is 8.98 Å². The fourth-order valence-electron chi connectivity index (χ4n) is 12.1. The molecule has 0 aliphatic heterocycles. The molecule has 1 spiro atoms. The summed E-state index contributed by atoms with van der Waals surface area (Å²) in [6, 6.07) is 78.7. The lowest BCUT2D eigenvalue weighted by molar-refractivity contribution is 0.584. The van der Waals surface area contributed by atoms with Crippen LogP contribution >= 0.6 is 0 Å². The van der Waals surface area contributed by atoms with Crippen LogP contribution in [0.4, 0.5) is 0 Å². The van der Waals surface area contributed by atoms with Gasteiger partial charge >= 0.3 is 0 Å². The Morgan fingerprint density at radius 2 is 1.00 bits per heavy atom. The molecular weight excluding hydrogens is 935 g/mol. The predicted octanol–water partition coefficient (Wildman–Crippen LogP) is 19.0. The van der Waals surface area contributed by atoms with Gasteiger partial charge in [0.2, 0.25) is 11.8 Å². The zero-order chi connectivity index (χ0) is 51.9. The zero-order valence-electron chi connectivity index (χ0n) is 43.1. The van der Waals surface area contributed by atoms with Crippen molar-refractivity contribution in [2.45, 2.75) is 31.6 Å². The lowest BCUT2D eigenvalue weighted by atomic mass is 9.67. The number of rotatable bonds is 7. The van der Waals surface area contributed by atoms with Crippen molar-refractivity contribution < 1.29 is 4.42 Å². The van der Waals surface area contributed by atoms with Gasteiger partial charge in [-0.1, -0.05) is 239 Å². The van der Waals surface area contributed by atoms with Crippen LogP contribution in [0.1, 0.15) is 65.3 Å². The average molecular weight is 990 g/mol. The van der Waals surface area contributed by atoms with Crippen LogP contribution in [0, 0.1) is 0 Å². The molecule has 0 fully saturated rings. The first-order chi connectivity index (χ1) is 38.1. The van der Waals surface area contributed by atoms with Crippen LogP contribution in [-0.2, 0) is 5.41 Å². The molecule has 0 amide bonds. The maximum absolute atomic E-state index is 6.09. The monoisotopic (exact) mass is 989 g/mol. The van der Waals surface area contributed by atoms with E-state index in [-0.39, 0.29) is 11.3 Å². The molecule has 2 unspecified atom stereocenters. The van der Waals surface area contributed by atoms with Crippen LogP contribution in [0.15, 0.2) is 266 Å². The van der Waals surface area contributed by atoms with E-state index in [2.05, 4.69) is 258 Å². The molecule has 368 valence electrons. The highest BCUT2D eigenvalue weighted by atomic mass is 16.4. The summed E-state index contributed by atoms with van der Waals surface area (Å²) in [5.74, 6) is 1.06. The second-order valence-corrected chi connectivity index (χ2v) is 19.7. The molecule has 0 N–H and O–H groups in total. The first-order valence-corrected chi connectivity index (χ1v) is 26.8. The van der Waals surface area contributed by atoms with Crippen LogP contribution in [0.5, 0.6) is 0 Å². The first-order valence-electron chi connectivity index (χ1n) is 26.8. The topological polar surface area (TPSA) is 43.9 Å². The third-order valence-corrected chi connectivity index (χ3v) is 15.6. The van der Waals surface area contributed by atoms with Gasteiger partial charge in [-0.25, -0.2) is 0 Å². The van der Waals surface area contributed by atoms with E-state index in [1.807, 2.05) is 44.2 Å². The molecule has 0 radical (unpaired) electrons. The highest BCUT2D eigenvalue weighted by Crippen LogP contribution is 2.57. The summed E-state index contributed by atoms with van der Waals surface area (Å²) in [7, 11) is 0. The molecule has 14 rings (SSSR count). The van der Waals surface area contributed by atoms with E-state index in [9.17, 15) is 0 Å². The Morgan fingerprint density at radius 3 is 1.70 bits per heavy atom. The number of benzene rings is 9. The molecule has 2 aromatic heterocycles. The van der Waals surface area contributed by atoms with Crippen LogP contribution < -0.4 is 0 Å². The average Bonchev–Trinajstić information content (AvgIpc) is 4.18. The van der Waals surface area contributed by atoms with Gasteiger partial charge in [0.15, 0.2) is 0 Å². The molecule has 2 atom stereocenters. The van der Waals surface area contributed by atoms with Gasteiger partial charge in [0.25, 0.3) is 0 Å². The molecule has 9 aromatic carbocycles. The fourth-order valence-corrected chi connectivity index (χ4v) is 12.1. The van der Waals surface area contributed by atoms with Crippen molar-refractivity contribution in [1.82, 2.24) is 14.8 Å². The molecule has 3 aliphatic rings. The second kappa shape index (κ2) is 19.9. The van der Waals surface area contributed by atoms with Crippen molar-refractivity contribution in [3.8, 4) is 73.1 Å². The Hall–Kier alpha value is -9.64. The van der Waals surface area contributed by atoms with Gasteiger partial charge in [-0.2, -0.15) is 0 Å². The molecule has 0 saturated carbocycles. The summed E-state index contributed by atoms with van der Waals surface area (Å²) in [5, 5.41) is 9.91. The van der Waals surface area contributed by atoms with Crippen molar-refractivity contribution in [3.05, 3.63) is 300 Å². The van der Waals surface area contributed by atoms with E-state index in [4.69, 9.17) is 4.42 Å². The summed E-state index contributed by atoms with van der Waals surface area (Å²) in [6.45, 7) is 8.55. The third kappa shape index (κ3) is 8.09. The lowest BCUT2D eigenvalue weighted by Crippen LogP contribution is -2.28. The Morgan fingerprint density at radius 1 is 0.468 bits per heavy atom. The maximum atomic E-state index is 6.09. The largest absolute Gasteiger partial charge is 0.416 e. The number of hydrogen-bond acceptors (Lipinski definition) is 3. The summed E-state index contributed by atoms with van der Waals surface area (Å²) in [6.07, 6.45) is 19.1. The number of aromatic nitrogens is 3. The van der Waals surface area contributed by atoms with Crippen LogP contribution in [0.2, 0.25) is 0 Å². The minimum Gasteiger partial charge on any atom is -0.416 e. The van der Waals surface area contributed by atoms with Crippen molar-refractivity contribution in [3.63, 3.8) is 0 Å². The Labute approximate surface area is 450 Å². The molecule has 0 saturated heterocycles. The SMILES string of the molecule is C=C1/C=C\C=C/CC2(c3ccccc31)c1ccccc1-c1ccc(C3C=Cc4c(n(-c5ccc(-c6ccccc6-c6ccccc6-c6ccc(-c7nnc(-c8ccccc8)o7)cc6)cc5)c5ccccc45)C=C3)cc12.CC. The number of allylic oxidation sites excluding steroid dienone is 7. The standard InChI is InChI=1S/C71H49N3O.C2H6/c1-47-18-4-3-17-45-71(64-28-14-11-21-55(47)64)65-29-15-12-26-60(65)61-42-38-53(46-66(61)71)48-37-43-63-62-27-13-16-30-67(62)74(68(63)44-39-48)54-40-35-50(36-41-54)57-23-8-10-25-59(57)58-24-9-7-22-56(58)49-31-33-52(34-32-49)70-73-72-69(75-70)51-19-5-2-6-20-51;1-2/h2-44,46,48H,1,45H2;1-2H3/b17-3-,18-4-;. The van der Waals surface area contributed by atoms with Gasteiger partial charge in [-0.05, 0) is 133 Å². The van der Waals surface area contributed by atoms with Crippen molar-refractivity contribution in [2.24, 2.45) is 0 Å². The minimum absolute atomic E-state index is 0.0626. The second-order valence-electron chi connectivity index (χ2n) is 19.7. The summed E-state index contributed by atoms with van der Waals surface area (Å²) < 4.78 is 8.51. The van der Waals surface area contributed by atoms with Crippen molar-refractivity contribution in [2.75, 3.05) is 0 Å². The molecule has 11 aromatic rings. The van der Waals surface area contributed by atoms with Gasteiger partial charge in [0, 0.05) is 33.7 Å². The molecule has 3 aliphatic carbocycles. The highest BCUT2D eigenvalue weighted by Gasteiger charge is 2.45. The van der Waals surface area contributed by atoms with E-state index in [1.165, 1.54) is 72.2 Å². The molecular formula is C73H55N3O. The third-order valence-electron chi connectivity index (χ3n) is 15.6. The number of fused-ring (bicyclic) bond motifs is 10. The quantitative estimate of drug-likeness (QED) is 0.160. The minimum atomic E-state index is -0.369. The Kier molecular flexibility index (Phi) is 12.2. The predicted molar refractivity (Wildman–Crippen MR) is 321 cm³/mol. The molecule has 0 bridgehead atoms. The highest BCUT2D eigenvalue weighted by molar-refractivity contribution is 5.97. The van der Waals surface area contributed by atoms with Gasteiger partial charge in [-0.3, -0.25) is 0 Å². The molecule has 4 nitrogen and oxygen atoms in total. The normalized spacial score (nSPS) is 16.7. The zero-order valence-corrected chi connectivity index (χ0v) is 43.1. The smallest absolute Gasteiger partial charge is 0.248 e.